The van der Waals surface area contributed by atoms with Gasteiger partial charge in [-0.15, -0.1) is 5.92 Å². The molecule has 0 radical (unpaired) electrons. The molecule has 1 aliphatic heterocycles. The molecule has 1 aliphatic rings. The predicted octanol–water partition coefficient (Wildman–Crippen LogP) is 1.94. The number of fused-ring (bicyclic) bond motifs is 1. The number of aryl methyl sites for hydroxylation is 1. The van der Waals surface area contributed by atoms with Crippen LogP contribution >= 0.6 is 0 Å². The lowest BCUT2D eigenvalue weighted by molar-refractivity contribution is -0.129. The molecule has 0 aliphatic carbocycles. The molecule has 24 heavy (non-hydrogen) atoms. The van der Waals surface area contributed by atoms with Gasteiger partial charge in [-0.3, -0.25) is 15.1 Å². The standard InChI is InChI=1S/C18H21N5O/c1-4-5-13-6-7-14-15(10-13)23(12-20-14)9-8-18(2)11-16(24)22(3)17(19)21-18/h6-7,10,12H,8-9,11H2,1-3H3,(H2,19,21). The number of hydrogen-bond acceptors (Lipinski definition) is 3. The van der Waals surface area contributed by atoms with E-state index in [-0.39, 0.29) is 11.9 Å². The van der Waals surface area contributed by atoms with Crippen molar-refractivity contribution in [2.75, 3.05) is 7.05 Å². The fourth-order valence-corrected chi connectivity index (χ4v) is 2.97. The van der Waals surface area contributed by atoms with Gasteiger partial charge in [-0.1, -0.05) is 5.92 Å². The van der Waals surface area contributed by atoms with Crippen LogP contribution in [0.1, 0.15) is 32.3 Å². The molecule has 0 spiro atoms. The SMILES string of the molecule is CC#Cc1ccc2ncn(CCC3(C)CC(=O)N(C)C(=N)N3)c2c1. The minimum absolute atomic E-state index is 0.0303. The third-order valence-electron chi connectivity index (χ3n) is 4.47. The van der Waals surface area contributed by atoms with Crippen molar-refractivity contribution in [3.05, 3.63) is 30.1 Å². The first-order valence-corrected chi connectivity index (χ1v) is 7.93. The van der Waals surface area contributed by atoms with Gasteiger partial charge in [0.05, 0.1) is 23.8 Å². The van der Waals surface area contributed by atoms with Crippen LogP contribution in [0.3, 0.4) is 0 Å². The molecule has 2 aromatic rings. The summed E-state index contributed by atoms with van der Waals surface area (Å²) in [5.41, 5.74) is 2.51. The van der Waals surface area contributed by atoms with Crippen molar-refractivity contribution >= 4 is 22.9 Å². The maximum Gasteiger partial charge on any atom is 0.231 e. The maximum atomic E-state index is 12.0. The highest BCUT2D eigenvalue weighted by Crippen LogP contribution is 2.23. The summed E-state index contributed by atoms with van der Waals surface area (Å²) >= 11 is 0. The lowest BCUT2D eigenvalue weighted by Gasteiger charge is -2.39. The Labute approximate surface area is 141 Å². The fourth-order valence-electron chi connectivity index (χ4n) is 2.97. The van der Waals surface area contributed by atoms with Gasteiger partial charge in [0.25, 0.3) is 0 Å². The summed E-state index contributed by atoms with van der Waals surface area (Å²) in [4.78, 5) is 17.8. The van der Waals surface area contributed by atoms with Crippen LogP contribution in [0.15, 0.2) is 24.5 Å². The minimum Gasteiger partial charge on any atom is -0.350 e. The fraction of sp³-hybridized carbons (Fsp3) is 0.389. The number of nitrogens with zero attached hydrogens (tertiary/aromatic N) is 3. The van der Waals surface area contributed by atoms with Crippen molar-refractivity contribution in [3.8, 4) is 11.8 Å². The smallest absolute Gasteiger partial charge is 0.231 e. The highest BCUT2D eigenvalue weighted by Gasteiger charge is 2.36. The summed E-state index contributed by atoms with van der Waals surface area (Å²) in [5.74, 6) is 6.10. The summed E-state index contributed by atoms with van der Waals surface area (Å²) in [7, 11) is 1.62. The van der Waals surface area contributed by atoms with Crippen LogP contribution in [0.2, 0.25) is 0 Å². The average Bonchev–Trinajstić information content (AvgIpc) is 2.93. The Balaban J connectivity index is 1.80. The molecule has 124 valence electrons. The summed E-state index contributed by atoms with van der Waals surface area (Å²) in [6.07, 6.45) is 2.93. The third-order valence-corrected chi connectivity index (χ3v) is 4.47. The zero-order valence-electron chi connectivity index (χ0n) is 14.2. The largest absolute Gasteiger partial charge is 0.350 e. The molecular formula is C18H21N5O. The number of nitrogens with one attached hydrogen (secondary N) is 2. The van der Waals surface area contributed by atoms with E-state index in [0.717, 1.165) is 23.0 Å². The Morgan fingerprint density at radius 2 is 2.25 bits per heavy atom. The number of hydrogen-bond donors (Lipinski definition) is 2. The number of amides is 1. The molecular weight excluding hydrogens is 302 g/mol. The van der Waals surface area contributed by atoms with Crippen LogP contribution in [0.25, 0.3) is 11.0 Å². The first kappa shape index (κ1) is 16.1. The van der Waals surface area contributed by atoms with Gasteiger partial charge in [0.2, 0.25) is 5.91 Å². The van der Waals surface area contributed by atoms with Crippen LogP contribution in [0.4, 0.5) is 0 Å². The number of benzene rings is 1. The van der Waals surface area contributed by atoms with Crippen LogP contribution in [0.5, 0.6) is 0 Å². The van der Waals surface area contributed by atoms with E-state index in [9.17, 15) is 4.79 Å². The Bertz CT molecular complexity index is 852. The van der Waals surface area contributed by atoms with E-state index in [4.69, 9.17) is 5.41 Å². The van der Waals surface area contributed by atoms with Gasteiger partial charge in [0, 0.05) is 24.7 Å². The molecule has 3 rings (SSSR count). The lowest BCUT2D eigenvalue weighted by atomic mass is 9.91. The molecule has 1 aromatic heterocycles. The Hall–Kier alpha value is -2.81. The number of carbonyl (C=O) groups is 1. The highest BCUT2D eigenvalue weighted by atomic mass is 16.2. The third kappa shape index (κ3) is 2.98. The number of aromatic nitrogens is 2. The molecule has 0 saturated carbocycles. The van der Waals surface area contributed by atoms with E-state index < -0.39 is 5.54 Å². The molecule has 1 amide bonds. The van der Waals surface area contributed by atoms with Crippen molar-refractivity contribution in [2.45, 2.75) is 38.8 Å². The number of imidazole rings is 1. The second-order valence-electron chi connectivity index (χ2n) is 6.43. The summed E-state index contributed by atoms with van der Waals surface area (Å²) in [6.45, 7) is 4.52. The van der Waals surface area contributed by atoms with Gasteiger partial charge >= 0.3 is 0 Å². The zero-order valence-corrected chi connectivity index (χ0v) is 14.2. The van der Waals surface area contributed by atoms with Crippen molar-refractivity contribution in [1.29, 1.82) is 5.41 Å². The normalized spacial score (nSPS) is 20.7. The molecule has 1 unspecified atom stereocenters. The first-order valence-electron chi connectivity index (χ1n) is 7.93. The van der Waals surface area contributed by atoms with Crippen LogP contribution in [-0.2, 0) is 11.3 Å². The highest BCUT2D eigenvalue weighted by molar-refractivity contribution is 5.98. The summed E-state index contributed by atoms with van der Waals surface area (Å²) in [5, 5.41) is 11.0. The molecule has 1 saturated heterocycles. The topological polar surface area (TPSA) is 74.0 Å². The van der Waals surface area contributed by atoms with E-state index in [0.29, 0.717) is 13.0 Å². The Kier molecular flexibility index (Phi) is 4.02. The lowest BCUT2D eigenvalue weighted by Crippen LogP contribution is -2.60. The molecule has 6 heteroatoms. The molecule has 2 heterocycles. The molecule has 1 fully saturated rings. The van der Waals surface area contributed by atoms with Gasteiger partial charge < -0.3 is 9.88 Å². The number of rotatable bonds is 3. The van der Waals surface area contributed by atoms with Gasteiger partial charge in [-0.2, -0.15) is 0 Å². The summed E-state index contributed by atoms with van der Waals surface area (Å²) < 4.78 is 2.08. The van der Waals surface area contributed by atoms with Gasteiger partial charge in [0.15, 0.2) is 5.96 Å². The molecule has 6 nitrogen and oxygen atoms in total. The molecule has 1 atom stereocenters. The molecule has 0 bridgehead atoms. The predicted molar refractivity (Wildman–Crippen MR) is 93.6 cm³/mol. The Morgan fingerprint density at radius 1 is 1.46 bits per heavy atom. The number of guanidine groups is 1. The zero-order chi connectivity index (χ0) is 17.3. The van der Waals surface area contributed by atoms with Crippen molar-refractivity contribution in [2.24, 2.45) is 0 Å². The summed E-state index contributed by atoms with van der Waals surface area (Å²) in [6, 6.07) is 5.98. The van der Waals surface area contributed by atoms with E-state index in [1.54, 1.807) is 7.05 Å². The molecule has 1 aromatic carbocycles. The van der Waals surface area contributed by atoms with Crippen molar-refractivity contribution < 1.29 is 4.79 Å². The molecule has 2 N–H and O–H groups in total. The second kappa shape index (κ2) is 6.00. The average molecular weight is 323 g/mol. The second-order valence-corrected chi connectivity index (χ2v) is 6.43. The van der Waals surface area contributed by atoms with Gasteiger partial charge in [0.1, 0.15) is 0 Å². The first-order chi connectivity index (χ1) is 11.4. The minimum atomic E-state index is -0.419. The maximum absolute atomic E-state index is 12.0. The van der Waals surface area contributed by atoms with E-state index in [1.807, 2.05) is 38.4 Å². The van der Waals surface area contributed by atoms with Crippen molar-refractivity contribution in [3.63, 3.8) is 0 Å². The van der Waals surface area contributed by atoms with Gasteiger partial charge in [-0.05, 0) is 38.5 Å². The van der Waals surface area contributed by atoms with Crippen LogP contribution in [-0.4, -0.2) is 38.9 Å². The Morgan fingerprint density at radius 3 is 2.96 bits per heavy atom. The van der Waals surface area contributed by atoms with Crippen LogP contribution < -0.4 is 5.32 Å². The quantitative estimate of drug-likeness (QED) is 0.848. The van der Waals surface area contributed by atoms with E-state index in [2.05, 4.69) is 26.7 Å². The van der Waals surface area contributed by atoms with E-state index >= 15 is 0 Å². The number of carbonyl (C=O) groups excluding carboxylic acids is 1. The van der Waals surface area contributed by atoms with Crippen molar-refractivity contribution in [1.82, 2.24) is 19.8 Å². The monoisotopic (exact) mass is 323 g/mol. The van der Waals surface area contributed by atoms with Crippen LogP contribution in [0, 0.1) is 17.3 Å². The van der Waals surface area contributed by atoms with Gasteiger partial charge in [-0.25, -0.2) is 4.98 Å². The van der Waals surface area contributed by atoms with E-state index in [1.165, 1.54) is 4.90 Å².